The van der Waals surface area contributed by atoms with Gasteiger partial charge in [-0.25, -0.2) is 9.97 Å². The number of imidazole rings is 2. The molecule has 5 rings (SSSR count). The van der Waals surface area contributed by atoms with E-state index in [9.17, 15) is 0 Å². The van der Waals surface area contributed by atoms with Crippen LogP contribution in [0.25, 0.3) is 33.5 Å². The highest BCUT2D eigenvalue weighted by molar-refractivity contribution is 5.80. The molecule has 0 spiro atoms. The fourth-order valence-corrected chi connectivity index (χ4v) is 3.15. The van der Waals surface area contributed by atoms with E-state index >= 15 is 0 Å². The zero-order valence-electron chi connectivity index (χ0n) is 13.9. The van der Waals surface area contributed by atoms with Gasteiger partial charge in [0.15, 0.2) is 0 Å². The lowest BCUT2D eigenvalue weighted by Gasteiger charge is -2.08. The number of pyridine rings is 1. The lowest BCUT2D eigenvalue weighted by atomic mass is 10.1. The summed E-state index contributed by atoms with van der Waals surface area (Å²) in [7, 11) is 0. The number of hydrogen-bond acceptors (Lipinski definition) is 3. The van der Waals surface area contributed by atoms with Gasteiger partial charge in [0.05, 0.1) is 17.4 Å². The summed E-state index contributed by atoms with van der Waals surface area (Å²) >= 11 is 0. The van der Waals surface area contributed by atoms with Crippen molar-refractivity contribution < 1.29 is 0 Å². The van der Waals surface area contributed by atoms with E-state index in [0.29, 0.717) is 0 Å². The third-order valence-electron chi connectivity index (χ3n) is 4.45. The molecule has 5 nitrogen and oxygen atoms in total. The Balaban J connectivity index is 1.59. The van der Waals surface area contributed by atoms with Gasteiger partial charge in [0, 0.05) is 41.7 Å². The summed E-state index contributed by atoms with van der Waals surface area (Å²) in [6.45, 7) is 0. The highest BCUT2D eigenvalue weighted by Gasteiger charge is 2.08. The van der Waals surface area contributed by atoms with E-state index in [1.807, 2.05) is 29.4 Å². The summed E-state index contributed by atoms with van der Waals surface area (Å²) in [6.07, 6.45) is 11.0. The predicted octanol–water partition coefficient (Wildman–Crippen LogP) is 4.27. The lowest BCUT2D eigenvalue weighted by Crippen LogP contribution is -1.94. The largest absolute Gasteiger partial charge is 0.306 e. The van der Waals surface area contributed by atoms with E-state index in [2.05, 4.69) is 68.0 Å². The minimum absolute atomic E-state index is 0.947. The van der Waals surface area contributed by atoms with Gasteiger partial charge < -0.3 is 4.57 Å². The smallest absolute Gasteiger partial charge is 0.100 e. The Bertz CT molecular complexity index is 1170. The van der Waals surface area contributed by atoms with Crippen LogP contribution in [0.3, 0.4) is 0 Å². The summed E-state index contributed by atoms with van der Waals surface area (Å²) in [4.78, 5) is 12.9. The first kappa shape index (κ1) is 14.6. The first-order chi connectivity index (χ1) is 12.9. The lowest BCUT2D eigenvalue weighted by molar-refractivity contribution is 1.06. The van der Waals surface area contributed by atoms with Crippen molar-refractivity contribution in [2.45, 2.75) is 0 Å². The van der Waals surface area contributed by atoms with Crippen LogP contribution in [0.5, 0.6) is 0 Å². The maximum absolute atomic E-state index is 4.58. The maximum atomic E-state index is 4.58. The molecule has 0 atom stereocenters. The molecule has 2 aromatic carbocycles. The van der Waals surface area contributed by atoms with E-state index in [4.69, 9.17) is 0 Å². The molecule has 3 heterocycles. The number of aromatic nitrogens is 5. The van der Waals surface area contributed by atoms with Gasteiger partial charge in [-0.05, 0) is 42.0 Å². The maximum Gasteiger partial charge on any atom is 0.100 e. The van der Waals surface area contributed by atoms with Crippen LogP contribution in [0.15, 0.2) is 92.0 Å². The Morgan fingerprint density at radius 3 is 2.54 bits per heavy atom. The Morgan fingerprint density at radius 1 is 0.731 bits per heavy atom. The van der Waals surface area contributed by atoms with Crippen molar-refractivity contribution in [3.8, 4) is 22.5 Å². The molecule has 3 aromatic heterocycles. The van der Waals surface area contributed by atoms with E-state index < -0.39 is 0 Å². The number of hydrogen-bond donors (Lipinski definition) is 0. The summed E-state index contributed by atoms with van der Waals surface area (Å²) in [6, 6.07) is 18.6. The van der Waals surface area contributed by atoms with Crippen LogP contribution in [0.4, 0.5) is 0 Å². The van der Waals surface area contributed by atoms with Crippen LogP contribution in [-0.2, 0) is 0 Å². The summed E-state index contributed by atoms with van der Waals surface area (Å²) in [5.41, 5.74) is 6.36. The Labute approximate surface area is 150 Å². The zero-order chi connectivity index (χ0) is 17.3. The fraction of sp³-hybridized carbons (Fsp3) is 0. The second kappa shape index (κ2) is 5.97. The predicted molar refractivity (Wildman–Crippen MR) is 101 cm³/mol. The zero-order valence-corrected chi connectivity index (χ0v) is 13.9. The molecule has 26 heavy (non-hydrogen) atoms. The summed E-state index contributed by atoms with van der Waals surface area (Å²) in [5.74, 6) is 0. The standard InChI is InChI=1S/C21H15N5/c1-3-16(17-4-2-8-22-13-17)11-19(5-1)26-15-24-20-12-18(6-7-21(20)26)25-10-9-23-14-25/h1-15H. The van der Waals surface area contributed by atoms with Gasteiger partial charge >= 0.3 is 0 Å². The van der Waals surface area contributed by atoms with Crippen LogP contribution >= 0.6 is 0 Å². The van der Waals surface area contributed by atoms with Crippen molar-refractivity contribution in [2.24, 2.45) is 0 Å². The summed E-state index contributed by atoms with van der Waals surface area (Å²) in [5, 5.41) is 0. The van der Waals surface area contributed by atoms with Crippen LogP contribution in [0.2, 0.25) is 0 Å². The molecular formula is C21H15N5. The average Bonchev–Trinajstić information content (AvgIpc) is 3.38. The molecule has 0 radical (unpaired) electrons. The van der Waals surface area contributed by atoms with Crippen molar-refractivity contribution in [1.82, 2.24) is 24.1 Å². The molecule has 5 aromatic rings. The van der Waals surface area contributed by atoms with Gasteiger partial charge in [-0.3, -0.25) is 9.55 Å². The van der Waals surface area contributed by atoms with E-state index in [1.165, 1.54) is 0 Å². The number of nitrogens with zero attached hydrogens (tertiary/aromatic N) is 5. The van der Waals surface area contributed by atoms with Crippen molar-refractivity contribution >= 4 is 11.0 Å². The van der Waals surface area contributed by atoms with E-state index in [0.717, 1.165) is 33.5 Å². The molecule has 0 aliphatic heterocycles. The molecule has 0 bridgehead atoms. The topological polar surface area (TPSA) is 48.5 Å². The SMILES string of the molecule is c1cncc(-c2cccc(-n3cnc4cc(-n5ccnc5)ccc43)c2)c1. The molecule has 0 amide bonds. The van der Waals surface area contributed by atoms with Gasteiger partial charge in [0.1, 0.15) is 6.33 Å². The van der Waals surface area contributed by atoms with Crippen molar-refractivity contribution in [1.29, 1.82) is 0 Å². The molecule has 0 aliphatic carbocycles. The molecule has 0 aliphatic rings. The van der Waals surface area contributed by atoms with Crippen LogP contribution in [0.1, 0.15) is 0 Å². The van der Waals surface area contributed by atoms with Gasteiger partial charge in [-0.2, -0.15) is 0 Å². The van der Waals surface area contributed by atoms with Crippen molar-refractivity contribution in [3.05, 3.63) is 92.0 Å². The Morgan fingerprint density at radius 2 is 1.69 bits per heavy atom. The molecule has 0 saturated heterocycles. The monoisotopic (exact) mass is 337 g/mol. The molecule has 0 unspecified atom stereocenters. The first-order valence-electron chi connectivity index (χ1n) is 8.35. The van der Waals surface area contributed by atoms with Gasteiger partial charge in [0.2, 0.25) is 0 Å². The number of benzene rings is 2. The summed E-state index contributed by atoms with van der Waals surface area (Å²) < 4.78 is 4.08. The third kappa shape index (κ3) is 2.46. The molecule has 0 saturated carbocycles. The highest BCUT2D eigenvalue weighted by atomic mass is 15.1. The first-order valence-corrected chi connectivity index (χ1v) is 8.35. The molecular weight excluding hydrogens is 322 g/mol. The minimum atomic E-state index is 0.947. The minimum Gasteiger partial charge on any atom is -0.306 e. The molecule has 5 heteroatoms. The van der Waals surface area contributed by atoms with Crippen LogP contribution < -0.4 is 0 Å². The van der Waals surface area contributed by atoms with Crippen molar-refractivity contribution in [2.75, 3.05) is 0 Å². The van der Waals surface area contributed by atoms with Crippen molar-refractivity contribution in [3.63, 3.8) is 0 Å². The second-order valence-electron chi connectivity index (χ2n) is 6.05. The third-order valence-corrected chi connectivity index (χ3v) is 4.45. The Hall–Kier alpha value is -3.73. The quantitative estimate of drug-likeness (QED) is 0.494. The molecule has 124 valence electrons. The van der Waals surface area contributed by atoms with Gasteiger partial charge in [0.25, 0.3) is 0 Å². The van der Waals surface area contributed by atoms with E-state index in [1.54, 1.807) is 18.7 Å². The molecule has 0 fully saturated rings. The normalized spacial score (nSPS) is 11.1. The van der Waals surface area contributed by atoms with E-state index in [-0.39, 0.29) is 0 Å². The average molecular weight is 337 g/mol. The second-order valence-corrected chi connectivity index (χ2v) is 6.05. The number of rotatable bonds is 3. The Kier molecular flexibility index (Phi) is 3.35. The number of fused-ring (bicyclic) bond motifs is 1. The van der Waals surface area contributed by atoms with Crippen LogP contribution in [-0.4, -0.2) is 24.1 Å². The highest BCUT2D eigenvalue weighted by Crippen LogP contribution is 2.25. The fourth-order valence-electron chi connectivity index (χ4n) is 3.15. The van der Waals surface area contributed by atoms with Gasteiger partial charge in [-0.1, -0.05) is 18.2 Å². The van der Waals surface area contributed by atoms with Crippen LogP contribution in [0, 0.1) is 0 Å². The van der Waals surface area contributed by atoms with Gasteiger partial charge in [-0.15, -0.1) is 0 Å². The molecule has 0 N–H and O–H groups in total.